The molecule has 1 aromatic carbocycles. The van der Waals surface area contributed by atoms with Gasteiger partial charge in [-0.2, -0.15) is 0 Å². The lowest BCUT2D eigenvalue weighted by atomic mass is 9.86. The van der Waals surface area contributed by atoms with E-state index in [0.29, 0.717) is 24.2 Å². The molecule has 2 N–H and O–H groups in total. The van der Waals surface area contributed by atoms with Crippen LogP contribution in [0.25, 0.3) is 11.0 Å². The molecule has 0 unspecified atom stereocenters. The van der Waals surface area contributed by atoms with Gasteiger partial charge in [-0.3, -0.25) is 9.59 Å². The summed E-state index contributed by atoms with van der Waals surface area (Å²) >= 11 is 0. The van der Waals surface area contributed by atoms with Crippen molar-refractivity contribution in [2.24, 2.45) is 5.41 Å². The molecule has 0 saturated carbocycles. The normalized spacial score (nSPS) is 12.9. The van der Waals surface area contributed by atoms with Crippen molar-refractivity contribution in [3.05, 3.63) is 59.0 Å². The fourth-order valence-corrected chi connectivity index (χ4v) is 2.88. The highest BCUT2D eigenvalue weighted by atomic mass is 16.1. The SMILES string of the molecule is CC(C)(C)[C@@H](Cn1ccnc1)NC(=O)CCc1nc2ccccc2[nH]c1=O. The number of para-hydroxylation sites is 2. The second-order valence-electron chi connectivity index (χ2n) is 7.78. The Kier molecular flexibility index (Phi) is 5.39. The van der Waals surface area contributed by atoms with Gasteiger partial charge in [0.15, 0.2) is 0 Å². The van der Waals surface area contributed by atoms with Gasteiger partial charge in [-0.1, -0.05) is 32.9 Å². The van der Waals surface area contributed by atoms with Crippen LogP contribution in [0, 0.1) is 5.41 Å². The van der Waals surface area contributed by atoms with Gasteiger partial charge < -0.3 is 14.9 Å². The molecule has 0 aliphatic heterocycles. The quantitative estimate of drug-likeness (QED) is 0.699. The number of amides is 1. The van der Waals surface area contributed by atoms with E-state index in [4.69, 9.17) is 0 Å². The van der Waals surface area contributed by atoms with E-state index in [2.05, 4.69) is 41.0 Å². The number of fused-ring (bicyclic) bond motifs is 1. The molecular weight excluding hydrogens is 342 g/mol. The van der Waals surface area contributed by atoms with Crippen LogP contribution in [-0.4, -0.2) is 31.5 Å². The molecule has 7 heteroatoms. The summed E-state index contributed by atoms with van der Waals surface area (Å²) in [5.41, 5.74) is 1.44. The molecule has 3 aromatic rings. The van der Waals surface area contributed by atoms with Crippen molar-refractivity contribution < 1.29 is 4.79 Å². The number of hydrogen-bond donors (Lipinski definition) is 2. The van der Waals surface area contributed by atoms with Crippen molar-refractivity contribution in [3.63, 3.8) is 0 Å². The van der Waals surface area contributed by atoms with Gasteiger partial charge in [0.1, 0.15) is 5.69 Å². The Morgan fingerprint density at radius 2 is 2.07 bits per heavy atom. The Balaban J connectivity index is 1.66. The third kappa shape index (κ3) is 4.81. The average Bonchev–Trinajstić information content (AvgIpc) is 3.11. The van der Waals surface area contributed by atoms with Crippen molar-refractivity contribution in [2.75, 3.05) is 0 Å². The first-order chi connectivity index (χ1) is 12.8. The standard InChI is InChI=1S/C20H25N5O2/c1-20(2,3)17(12-25-11-10-21-13-25)24-18(26)9-8-16-19(27)23-15-7-5-4-6-14(15)22-16/h4-7,10-11,13,17H,8-9,12H2,1-3H3,(H,23,27)(H,24,26)/t17-/m1/s1. The first-order valence-electron chi connectivity index (χ1n) is 9.06. The van der Waals surface area contributed by atoms with Gasteiger partial charge in [-0.05, 0) is 17.5 Å². The summed E-state index contributed by atoms with van der Waals surface area (Å²) in [6, 6.07) is 7.32. The molecule has 2 heterocycles. The number of aromatic nitrogens is 4. The first-order valence-corrected chi connectivity index (χ1v) is 9.06. The maximum absolute atomic E-state index is 12.5. The van der Waals surface area contributed by atoms with E-state index < -0.39 is 0 Å². The zero-order valence-corrected chi connectivity index (χ0v) is 15.9. The number of carbonyl (C=O) groups is 1. The van der Waals surface area contributed by atoms with Crippen LogP contribution in [0.1, 0.15) is 32.9 Å². The molecule has 27 heavy (non-hydrogen) atoms. The summed E-state index contributed by atoms with van der Waals surface area (Å²) in [4.78, 5) is 35.9. The van der Waals surface area contributed by atoms with Gasteiger partial charge in [-0.25, -0.2) is 9.97 Å². The highest BCUT2D eigenvalue weighted by Gasteiger charge is 2.26. The molecule has 3 rings (SSSR count). The number of H-pyrrole nitrogens is 1. The number of nitrogens with zero attached hydrogens (tertiary/aromatic N) is 3. The summed E-state index contributed by atoms with van der Waals surface area (Å²) in [7, 11) is 0. The lowest BCUT2D eigenvalue weighted by molar-refractivity contribution is -0.122. The maximum Gasteiger partial charge on any atom is 0.270 e. The molecule has 1 amide bonds. The molecule has 0 spiro atoms. The van der Waals surface area contributed by atoms with Gasteiger partial charge in [0.05, 0.1) is 23.4 Å². The van der Waals surface area contributed by atoms with Crippen LogP contribution >= 0.6 is 0 Å². The molecule has 7 nitrogen and oxygen atoms in total. The molecule has 0 aliphatic rings. The van der Waals surface area contributed by atoms with Gasteiger partial charge >= 0.3 is 0 Å². The van der Waals surface area contributed by atoms with Crippen molar-refractivity contribution >= 4 is 16.9 Å². The fraction of sp³-hybridized carbons (Fsp3) is 0.400. The average molecular weight is 367 g/mol. The number of hydrogen-bond acceptors (Lipinski definition) is 4. The Bertz CT molecular complexity index is 970. The van der Waals surface area contributed by atoms with Crippen LogP contribution in [0.3, 0.4) is 0 Å². The topological polar surface area (TPSA) is 92.7 Å². The molecule has 0 bridgehead atoms. The highest BCUT2D eigenvalue weighted by molar-refractivity contribution is 5.77. The summed E-state index contributed by atoms with van der Waals surface area (Å²) in [5.74, 6) is -0.0931. The Morgan fingerprint density at radius 3 is 2.78 bits per heavy atom. The van der Waals surface area contributed by atoms with E-state index >= 15 is 0 Å². The van der Waals surface area contributed by atoms with Crippen molar-refractivity contribution in [1.29, 1.82) is 0 Å². The van der Waals surface area contributed by atoms with Gasteiger partial charge in [0.25, 0.3) is 5.56 Å². The lowest BCUT2D eigenvalue weighted by Gasteiger charge is -2.31. The number of rotatable bonds is 6. The monoisotopic (exact) mass is 367 g/mol. The van der Waals surface area contributed by atoms with E-state index in [9.17, 15) is 9.59 Å². The first kappa shape index (κ1) is 18.8. The second-order valence-corrected chi connectivity index (χ2v) is 7.78. The van der Waals surface area contributed by atoms with Crippen molar-refractivity contribution in [2.45, 2.75) is 46.2 Å². The number of aromatic amines is 1. The smallest absolute Gasteiger partial charge is 0.270 e. The summed E-state index contributed by atoms with van der Waals surface area (Å²) < 4.78 is 1.95. The van der Waals surface area contributed by atoms with Gasteiger partial charge in [-0.15, -0.1) is 0 Å². The minimum atomic E-state index is -0.243. The van der Waals surface area contributed by atoms with Crippen LogP contribution in [0.15, 0.2) is 47.8 Å². The van der Waals surface area contributed by atoms with Crippen LogP contribution in [0.2, 0.25) is 0 Å². The summed E-state index contributed by atoms with van der Waals surface area (Å²) in [6.45, 7) is 6.91. The van der Waals surface area contributed by atoms with E-state index in [1.165, 1.54) is 0 Å². The molecule has 0 fully saturated rings. The minimum Gasteiger partial charge on any atom is -0.351 e. The van der Waals surface area contributed by atoms with Crippen molar-refractivity contribution in [1.82, 2.24) is 24.8 Å². The zero-order chi connectivity index (χ0) is 19.4. The number of benzene rings is 1. The molecule has 0 radical (unpaired) electrons. The van der Waals surface area contributed by atoms with Crippen LogP contribution < -0.4 is 10.9 Å². The number of aryl methyl sites for hydroxylation is 1. The Morgan fingerprint density at radius 1 is 1.30 bits per heavy atom. The van der Waals surface area contributed by atoms with E-state index in [1.807, 2.05) is 35.0 Å². The summed E-state index contributed by atoms with van der Waals surface area (Å²) in [5, 5.41) is 3.09. The fourth-order valence-electron chi connectivity index (χ4n) is 2.88. The molecular formula is C20H25N5O2. The molecule has 2 aromatic heterocycles. The predicted molar refractivity (Wildman–Crippen MR) is 104 cm³/mol. The van der Waals surface area contributed by atoms with E-state index in [0.717, 1.165) is 5.52 Å². The number of imidazole rings is 1. The third-order valence-corrected chi connectivity index (χ3v) is 4.59. The largest absolute Gasteiger partial charge is 0.351 e. The molecule has 1 atom stereocenters. The number of carbonyl (C=O) groups excluding carboxylic acids is 1. The lowest BCUT2D eigenvalue weighted by Crippen LogP contribution is -2.46. The summed E-state index contributed by atoms with van der Waals surface area (Å²) in [6.07, 6.45) is 5.85. The molecule has 142 valence electrons. The van der Waals surface area contributed by atoms with Crippen LogP contribution in [0.5, 0.6) is 0 Å². The highest BCUT2D eigenvalue weighted by Crippen LogP contribution is 2.21. The van der Waals surface area contributed by atoms with Gasteiger partial charge in [0, 0.05) is 31.8 Å². The predicted octanol–water partition coefficient (Wildman–Crippen LogP) is 2.28. The van der Waals surface area contributed by atoms with E-state index in [1.54, 1.807) is 12.5 Å². The zero-order valence-electron chi connectivity index (χ0n) is 15.9. The van der Waals surface area contributed by atoms with Crippen LogP contribution in [-0.2, 0) is 17.8 Å². The van der Waals surface area contributed by atoms with E-state index in [-0.39, 0.29) is 29.3 Å². The van der Waals surface area contributed by atoms with Crippen molar-refractivity contribution in [3.8, 4) is 0 Å². The molecule has 0 aliphatic carbocycles. The minimum absolute atomic E-state index is 0.0537. The van der Waals surface area contributed by atoms with Crippen LogP contribution in [0.4, 0.5) is 0 Å². The third-order valence-electron chi connectivity index (χ3n) is 4.59. The maximum atomic E-state index is 12.5. The Labute approximate surface area is 157 Å². The second kappa shape index (κ2) is 7.73. The van der Waals surface area contributed by atoms with Gasteiger partial charge in [0.2, 0.25) is 5.91 Å². The number of nitrogens with one attached hydrogen (secondary N) is 2. The Hall–Kier alpha value is -2.96. The molecule has 0 saturated heterocycles.